The highest BCUT2D eigenvalue weighted by molar-refractivity contribution is 5.76. The van der Waals surface area contributed by atoms with Crippen LogP contribution in [0, 0.1) is 0 Å². The van der Waals surface area contributed by atoms with E-state index < -0.39 is 0 Å². The molecule has 6 heteroatoms. The predicted octanol–water partition coefficient (Wildman–Crippen LogP) is 0.0338. The average Bonchev–Trinajstić information content (AvgIpc) is 2.17. The van der Waals surface area contributed by atoms with Crippen LogP contribution >= 0.6 is 0 Å². The van der Waals surface area contributed by atoms with Gasteiger partial charge in [-0.05, 0) is 6.92 Å². The van der Waals surface area contributed by atoms with Gasteiger partial charge in [-0.15, -0.1) is 0 Å². The van der Waals surface area contributed by atoms with Crippen molar-refractivity contribution in [3.8, 4) is 0 Å². The highest BCUT2D eigenvalue weighted by Gasteiger charge is 2.03. The zero-order valence-corrected chi connectivity index (χ0v) is 7.86. The van der Waals surface area contributed by atoms with Gasteiger partial charge in [0.15, 0.2) is 5.82 Å². The molecule has 1 rings (SSSR count). The van der Waals surface area contributed by atoms with Gasteiger partial charge in [-0.1, -0.05) is 0 Å². The van der Waals surface area contributed by atoms with Gasteiger partial charge in [0.25, 0.3) is 0 Å². The summed E-state index contributed by atoms with van der Waals surface area (Å²) in [6.07, 6.45) is 2.81. The second-order valence-corrected chi connectivity index (χ2v) is 2.49. The monoisotopic (exact) mass is 196 g/mol. The number of nitrogens with one attached hydrogen (secondary N) is 1. The summed E-state index contributed by atoms with van der Waals surface area (Å²) in [6, 6.07) is 0. The van der Waals surface area contributed by atoms with Gasteiger partial charge in [0.05, 0.1) is 18.5 Å². The van der Waals surface area contributed by atoms with Gasteiger partial charge in [0.2, 0.25) is 0 Å². The topological polar surface area (TPSA) is 90.1 Å². The molecule has 0 aromatic carbocycles. The van der Waals surface area contributed by atoms with Crippen LogP contribution in [0.5, 0.6) is 0 Å². The van der Waals surface area contributed by atoms with E-state index in [0.29, 0.717) is 18.1 Å². The number of nitrogens with zero attached hydrogens (tertiary/aromatic N) is 2. The van der Waals surface area contributed by atoms with Gasteiger partial charge in [-0.3, -0.25) is 4.79 Å². The fourth-order valence-electron chi connectivity index (χ4n) is 0.856. The summed E-state index contributed by atoms with van der Waals surface area (Å²) in [4.78, 5) is 18.5. The number of anilines is 2. The lowest BCUT2D eigenvalue weighted by Crippen LogP contribution is -2.18. The summed E-state index contributed by atoms with van der Waals surface area (Å²) < 4.78 is 4.72. The van der Waals surface area contributed by atoms with Crippen molar-refractivity contribution in [3.05, 3.63) is 12.5 Å². The largest absolute Gasteiger partial charge is 0.465 e. The molecule has 0 spiro atoms. The first-order valence-electron chi connectivity index (χ1n) is 4.19. The lowest BCUT2D eigenvalue weighted by atomic mass is 10.5. The number of ether oxygens (including phenoxy) is 1. The van der Waals surface area contributed by atoms with E-state index in [1.54, 1.807) is 6.92 Å². The fourth-order valence-corrected chi connectivity index (χ4v) is 0.856. The summed E-state index contributed by atoms with van der Waals surface area (Å²) >= 11 is 0. The number of hydrogen-bond acceptors (Lipinski definition) is 6. The first-order chi connectivity index (χ1) is 6.74. The molecule has 0 aliphatic heterocycles. The molecule has 0 radical (unpaired) electrons. The second kappa shape index (κ2) is 5.00. The van der Waals surface area contributed by atoms with Crippen LogP contribution in [0.15, 0.2) is 12.5 Å². The molecule has 6 nitrogen and oxygen atoms in total. The van der Waals surface area contributed by atoms with E-state index in [2.05, 4.69) is 15.3 Å². The Balaban J connectivity index is 2.46. The van der Waals surface area contributed by atoms with E-state index in [0.717, 1.165) is 0 Å². The summed E-state index contributed by atoms with van der Waals surface area (Å²) in [5.41, 5.74) is 5.94. The Kier molecular flexibility index (Phi) is 3.66. The number of rotatable bonds is 4. The molecule has 1 heterocycles. The maximum absolute atomic E-state index is 11.0. The number of nitrogen functional groups attached to an aromatic ring is 1. The van der Waals surface area contributed by atoms with Gasteiger partial charge >= 0.3 is 5.97 Å². The highest BCUT2D eigenvalue weighted by Crippen LogP contribution is 2.10. The van der Waals surface area contributed by atoms with Crippen LogP contribution in [0.4, 0.5) is 11.5 Å². The van der Waals surface area contributed by atoms with Crippen molar-refractivity contribution in [2.75, 3.05) is 24.2 Å². The Hall–Kier alpha value is -1.85. The van der Waals surface area contributed by atoms with Crippen molar-refractivity contribution in [1.82, 2.24) is 9.97 Å². The Morgan fingerprint density at radius 2 is 2.50 bits per heavy atom. The molecule has 0 unspecified atom stereocenters. The van der Waals surface area contributed by atoms with E-state index in [1.165, 1.54) is 12.5 Å². The Labute approximate surface area is 81.5 Å². The molecule has 0 aliphatic rings. The molecule has 0 amide bonds. The van der Waals surface area contributed by atoms with Crippen LogP contribution in [0.2, 0.25) is 0 Å². The summed E-state index contributed by atoms with van der Waals surface area (Å²) in [6.45, 7) is 2.16. The SMILES string of the molecule is CCOC(=O)CNc1ncncc1N. The van der Waals surface area contributed by atoms with Crippen LogP contribution in [0.25, 0.3) is 0 Å². The van der Waals surface area contributed by atoms with Gasteiger partial charge < -0.3 is 15.8 Å². The van der Waals surface area contributed by atoms with E-state index >= 15 is 0 Å². The minimum Gasteiger partial charge on any atom is -0.465 e. The third-order valence-corrected chi connectivity index (χ3v) is 1.45. The van der Waals surface area contributed by atoms with Crippen molar-refractivity contribution in [2.45, 2.75) is 6.92 Å². The number of carbonyl (C=O) groups excluding carboxylic acids is 1. The standard InChI is InChI=1S/C8H12N4O2/c1-2-14-7(13)4-11-8-6(9)3-10-5-12-8/h3,5H,2,4,9H2,1H3,(H,10,11,12). The quantitative estimate of drug-likeness (QED) is 0.660. The normalized spacial score (nSPS) is 9.50. The van der Waals surface area contributed by atoms with E-state index in [4.69, 9.17) is 10.5 Å². The molecular weight excluding hydrogens is 184 g/mol. The zero-order chi connectivity index (χ0) is 10.4. The smallest absolute Gasteiger partial charge is 0.325 e. The Morgan fingerprint density at radius 3 is 3.14 bits per heavy atom. The molecule has 0 aliphatic carbocycles. The molecule has 76 valence electrons. The van der Waals surface area contributed by atoms with Crippen molar-refractivity contribution >= 4 is 17.5 Å². The third kappa shape index (κ3) is 2.89. The van der Waals surface area contributed by atoms with Crippen LogP contribution in [0.1, 0.15) is 6.92 Å². The molecule has 0 bridgehead atoms. The van der Waals surface area contributed by atoms with Crippen LogP contribution < -0.4 is 11.1 Å². The van der Waals surface area contributed by atoms with Crippen molar-refractivity contribution in [1.29, 1.82) is 0 Å². The first-order valence-corrected chi connectivity index (χ1v) is 4.19. The number of nitrogens with two attached hydrogens (primary N) is 1. The maximum Gasteiger partial charge on any atom is 0.325 e. The minimum absolute atomic E-state index is 0.0506. The number of carbonyl (C=O) groups is 1. The fraction of sp³-hybridized carbons (Fsp3) is 0.375. The Bertz CT molecular complexity index is 316. The lowest BCUT2D eigenvalue weighted by molar-refractivity contribution is -0.140. The first kappa shape index (κ1) is 10.2. The molecule has 0 fully saturated rings. The zero-order valence-electron chi connectivity index (χ0n) is 7.86. The van der Waals surface area contributed by atoms with E-state index in [-0.39, 0.29) is 12.5 Å². The predicted molar refractivity (Wildman–Crippen MR) is 51.6 cm³/mol. The highest BCUT2D eigenvalue weighted by atomic mass is 16.5. The maximum atomic E-state index is 11.0. The van der Waals surface area contributed by atoms with Crippen LogP contribution in [0.3, 0.4) is 0 Å². The number of aromatic nitrogens is 2. The molecule has 1 aromatic heterocycles. The molecule has 0 saturated carbocycles. The molecule has 0 saturated heterocycles. The van der Waals surface area contributed by atoms with Crippen LogP contribution in [-0.4, -0.2) is 29.1 Å². The number of esters is 1. The van der Waals surface area contributed by atoms with Crippen LogP contribution in [-0.2, 0) is 9.53 Å². The molecule has 14 heavy (non-hydrogen) atoms. The number of hydrogen-bond donors (Lipinski definition) is 2. The molecule has 3 N–H and O–H groups in total. The Morgan fingerprint density at radius 1 is 1.71 bits per heavy atom. The van der Waals surface area contributed by atoms with Crippen molar-refractivity contribution < 1.29 is 9.53 Å². The lowest BCUT2D eigenvalue weighted by Gasteiger charge is -2.06. The van der Waals surface area contributed by atoms with Crippen molar-refractivity contribution in [2.24, 2.45) is 0 Å². The summed E-state index contributed by atoms with van der Waals surface area (Å²) in [7, 11) is 0. The second-order valence-electron chi connectivity index (χ2n) is 2.49. The van der Waals surface area contributed by atoms with Gasteiger partial charge in [0.1, 0.15) is 12.9 Å². The van der Waals surface area contributed by atoms with Crippen molar-refractivity contribution in [3.63, 3.8) is 0 Å². The van der Waals surface area contributed by atoms with Gasteiger partial charge in [-0.2, -0.15) is 0 Å². The third-order valence-electron chi connectivity index (χ3n) is 1.45. The molecule has 0 atom stereocenters. The van der Waals surface area contributed by atoms with E-state index in [9.17, 15) is 4.79 Å². The van der Waals surface area contributed by atoms with Gasteiger partial charge in [-0.25, -0.2) is 9.97 Å². The van der Waals surface area contributed by atoms with Gasteiger partial charge in [0, 0.05) is 0 Å². The molecular formula is C8H12N4O2. The van der Waals surface area contributed by atoms with E-state index in [1.807, 2.05) is 0 Å². The molecule has 1 aromatic rings. The minimum atomic E-state index is -0.342. The average molecular weight is 196 g/mol. The summed E-state index contributed by atoms with van der Waals surface area (Å²) in [5, 5.41) is 2.75. The summed E-state index contributed by atoms with van der Waals surface area (Å²) in [5.74, 6) is 0.0959.